The molecular weight excluding hydrogens is 218 g/mol. The molecule has 5 nitrogen and oxygen atoms in total. The number of aliphatic hydroxyl groups is 1. The molecule has 2 aliphatic heterocycles. The molecule has 2 aliphatic rings. The Labute approximate surface area is 103 Å². The molecule has 17 heavy (non-hydrogen) atoms. The van der Waals surface area contributed by atoms with Crippen LogP contribution in [0.3, 0.4) is 0 Å². The average Bonchev–Trinajstić information content (AvgIpc) is 2.76. The molecule has 0 aromatic heterocycles. The Hall–Kier alpha value is -0.650. The van der Waals surface area contributed by atoms with Crippen LogP contribution in [0.5, 0.6) is 0 Å². The highest BCUT2D eigenvalue weighted by Gasteiger charge is 2.27. The van der Waals surface area contributed by atoms with Gasteiger partial charge in [0.05, 0.1) is 12.6 Å². The van der Waals surface area contributed by atoms with E-state index < -0.39 is 0 Å². The van der Waals surface area contributed by atoms with Gasteiger partial charge in [-0.05, 0) is 32.4 Å². The Morgan fingerprint density at radius 2 is 2.12 bits per heavy atom. The van der Waals surface area contributed by atoms with Gasteiger partial charge in [-0.25, -0.2) is 0 Å². The van der Waals surface area contributed by atoms with Crippen molar-refractivity contribution in [3.8, 4) is 0 Å². The molecule has 2 saturated heterocycles. The van der Waals surface area contributed by atoms with Crippen molar-refractivity contribution in [1.29, 1.82) is 0 Å². The number of rotatable bonds is 3. The standard InChI is InChI=1S/C12H23N3O2/c16-10-9-14-5-2-6-15(8-7-14)12(17)11-3-1-4-13-11/h11,13,16H,1-10H2. The molecule has 0 aromatic carbocycles. The highest BCUT2D eigenvalue weighted by atomic mass is 16.3. The molecule has 98 valence electrons. The highest BCUT2D eigenvalue weighted by molar-refractivity contribution is 5.82. The van der Waals surface area contributed by atoms with Crippen LogP contribution in [0.2, 0.25) is 0 Å². The minimum atomic E-state index is 0.0550. The fourth-order valence-electron chi connectivity index (χ4n) is 2.67. The van der Waals surface area contributed by atoms with Gasteiger partial charge in [-0.3, -0.25) is 9.69 Å². The summed E-state index contributed by atoms with van der Waals surface area (Å²) in [6.07, 6.45) is 3.11. The normalized spacial score (nSPS) is 27.1. The molecule has 1 amide bonds. The summed E-state index contributed by atoms with van der Waals surface area (Å²) in [6.45, 7) is 5.44. The first kappa shape index (κ1) is 12.8. The van der Waals surface area contributed by atoms with Crippen molar-refractivity contribution in [2.45, 2.75) is 25.3 Å². The van der Waals surface area contributed by atoms with Crippen molar-refractivity contribution >= 4 is 5.91 Å². The van der Waals surface area contributed by atoms with Crippen molar-refractivity contribution in [3.63, 3.8) is 0 Å². The minimum Gasteiger partial charge on any atom is -0.395 e. The molecule has 0 aromatic rings. The number of aliphatic hydroxyl groups excluding tert-OH is 1. The van der Waals surface area contributed by atoms with Crippen molar-refractivity contribution < 1.29 is 9.90 Å². The Morgan fingerprint density at radius 3 is 2.82 bits per heavy atom. The van der Waals surface area contributed by atoms with E-state index in [9.17, 15) is 4.79 Å². The van der Waals surface area contributed by atoms with Crippen molar-refractivity contribution in [3.05, 3.63) is 0 Å². The lowest BCUT2D eigenvalue weighted by molar-refractivity contribution is -0.132. The van der Waals surface area contributed by atoms with E-state index in [4.69, 9.17) is 5.11 Å². The number of carbonyl (C=O) groups is 1. The van der Waals surface area contributed by atoms with E-state index in [-0.39, 0.29) is 18.6 Å². The van der Waals surface area contributed by atoms with Gasteiger partial charge in [0.25, 0.3) is 0 Å². The second-order valence-electron chi connectivity index (χ2n) is 4.89. The van der Waals surface area contributed by atoms with E-state index in [1.165, 1.54) is 0 Å². The van der Waals surface area contributed by atoms with Crippen LogP contribution >= 0.6 is 0 Å². The number of carbonyl (C=O) groups excluding carboxylic acids is 1. The molecule has 2 fully saturated rings. The molecule has 1 atom stereocenters. The first-order chi connectivity index (χ1) is 8.31. The SMILES string of the molecule is O=C(C1CCCN1)N1CCCN(CCO)CC1. The van der Waals surface area contributed by atoms with Crippen LogP contribution in [0.15, 0.2) is 0 Å². The van der Waals surface area contributed by atoms with Gasteiger partial charge in [0, 0.05) is 26.2 Å². The zero-order valence-corrected chi connectivity index (χ0v) is 10.4. The van der Waals surface area contributed by atoms with Crippen LogP contribution in [0.1, 0.15) is 19.3 Å². The molecule has 2 N–H and O–H groups in total. The van der Waals surface area contributed by atoms with Crippen LogP contribution in [0.4, 0.5) is 0 Å². The van der Waals surface area contributed by atoms with Crippen LogP contribution < -0.4 is 5.32 Å². The lowest BCUT2D eigenvalue weighted by Crippen LogP contribution is -2.45. The fraction of sp³-hybridized carbons (Fsp3) is 0.917. The summed E-state index contributed by atoms with van der Waals surface area (Å²) in [6, 6.07) is 0.0550. The van der Waals surface area contributed by atoms with Gasteiger partial charge < -0.3 is 15.3 Å². The largest absolute Gasteiger partial charge is 0.395 e. The third-order valence-corrected chi connectivity index (χ3v) is 3.67. The number of β-amino-alcohol motifs (C(OH)–C–C–N with tert-alkyl or cyclic N) is 1. The summed E-state index contributed by atoms with van der Waals surface area (Å²) in [5.41, 5.74) is 0. The van der Waals surface area contributed by atoms with E-state index in [2.05, 4.69) is 10.2 Å². The summed E-state index contributed by atoms with van der Waals surface area (Å²) in [5, 5.41) is 12.2. The second kappa shape index (κ2) is 6.33. The first-order valence-corrected chi connectivity index (χ1v) is 6.66. The number of nitrogens with zero attached hydrogens (tertiary/aromatic N) is 2. The van der Waals surface area contributed by atoms with Gasteiger partial charge >= 0.3 is 0 Å². The van der Waals surface area contributed by atoms with Crippen LogP contribution in [-0.2, 0) is 4.79 Å². The van der Waals surface area contributed by atoms with Gasteiger partial charge in [0.1, 0.15) is 0 Å². The predicted octanol–water partition coefficient (Wildman–Crippen LogP) is -0.735. The fourth-order valence-corrected chi connectivity index (χ4v) is 2.67. The molecule has 0 bridgehead atoms. The molecular formula is C12H23N3O2. The molecule has 1 unspecified atom stereocenters. The van der Waals surface area contributed by atoms with Crippen LogP contribution in [0.25, 0.3) is 0 Å². The molecule has 2 rings (SSSR count). The lowest BCUT2D eigenvalue weighted by Gasteiger charge is -2.24. The topological polar surface area (TPSA) is 55.8 Å². The maximum atomic E-state index is 12.2. The van der Waals surface area contributed by atoms with Crippen molar-refractivity contribution in [1.82, 2.24) is 15.1 Å². The summed E-state index contributed by atoms with van der Waals surface area (Å²) < 4.78 is 0. The summed E-state index contributed by atoms with van der Waals surface area (Å²) in [5.74, 6) is 0.272. The van der Waals surface area contributed by atoms with Gasteiger partial charge in [-0.15, -0.1) is 0 Å². The van der Waals surface area contributed by atoms with E-state index in [0.29, 0.717) is 0 Å². The summed E-state index contributed by atoms with van der Waals surface area (Å²) in [7, 11) is 0. The van der Waals surface area contributed by atoms with E-state index in [1.807, 2.05) is 4.90 Å². The van der Waals surface area contributed by atoms with Gasteiger partial charge in [0.2, 0.25) is 5.91 Å². The number of amides is 1. The zero-order chi connectivity index (χ0) is 12.1. The van der Waals surface area contributed by atoms with Crippen molar-refractivity contribution in [2.75, 3.05) is 45.9 Å². The lowest BCUT2D eigenvalue weighted by atomic mass is 10.2. The van der Waals surface area contributed by atoms with E-state index in [1.54, 1.807) is 0 Å². The number of nitrogens with one attached hydrogen (secondary N) is 1. The predicted molar refractivity (Wildman–Crippen MR) is 65.7 cm³/mol. The minimum absolute atomic E-state index is 0.0550. The van der Waals surface area contributed by atoms with Gasteiger partial charge in [-0.2, -0.15) is 0 Å². The Bertz CT molecular complexity index is 254. The molecule has 2 heterocycles. The molecule has 0 spiro atoms. The molecule has 5 heteroatoms. The number of hydrogen-bond acceptors (Lipinski definition) is 4. The Morgan fingerprint density at radius 1 is 1.24 bits per heavy atom. The zero-order valence-electron chi connectivity index (χ0n) is 10.4. The average molecular weight is 241 g/mol. The quantitative estimate of drug-likeness (QED) is 0.684. The Balaban J connectivity index is 1.83. The van der Waals surface area contributed by atoms with Crippen LogP contribution in [-0.4, -0.2) is 72.7 Å². The molecule has 0 aliphatic carbocycles. The summed E-state index contributed by atoms with van der Waals surface area (Å²) in [4.78, 5) is 16.4. The maximum Gasteiger partial charge on any atom is 0.239 e. The second-order valence-corrected chi connectivity index (χ2v) is 4.89. The molecule has 0 radical (unpaired) electrons. The highest BCUT2D eigenvalue weighted by Crippen LogP contribution is 2.11. The van der Waals surface area contributed by atoms with E-state index >= 15 is 0 Å². The van der Waals surface area contributed by atoms with Gasteiger partial charge in [-0.1, -0.05) is 0 Å². The summed E-state index contributed by atoms with van der Waals surface area (Å²) >= 11 is 0. The third-order valence-electron chi connectivity index (χ3n) is 3.67. The number of hydrogen-bond donors (Lipinski definition) is 2. The Kier molecular flexibility index (Phi) is 4.76. The van der Waals surface area contributed by atoms with Gasteiger partial charge in [0.15, 0.2) is 0 Å². The maximum absolute atomic E-state index is 12.2. The first-order valence-electron chi connectivity index (χ1n) is 6.66. The molecule has 0 saturated carbocycles. The van der Waals surface area contributed by atoms with Crippen LogP contribution in [0, 0.1) is 0 Å². The third kappa shape index (κ3) is 3.40. The monoisotopic (exact) mass is 241 g/mol. The smallest absolute Gasteiger partial charge is 0.239 e. The van der Waals surface area contributed by atoms with Crippen molar-refractivity contribution in [2.24, 2.45) is 0 Å². The van der Waals surface area contributed by atoms with E-state index in [0.717, 1.165) is 58.5 Å².